The molecule has 0 saturated heterocycles. The van der Waals surface area contributed by atoms with Crippen LogP contribution in [0.2, 0.25) is 0 Å². The van der Waals surface area contributed by atoms with Crippen molar-refractivity contribution in [1.82, 2.24) is 0 Å². The second-order valence-electron chi connectivity index (χ2n) is 5.05. The molecule has 1 aromatic carbocycles. The van der Waals surface area contributed by atoms with Gasteiger partial charge in [-0.05, 0) is 42.9 Å². The number of carbonyl (C=O) groups excluding carboxylic acids is 1. The molecule has 92 valence electrons. The Hall–Kier alpha value is -1.18. The van der Waals surface area contributed by atoms with Crippen LogP contribution in [0.4, 0.5) is 4.39 Å². The molecule has 1 fully saturated rings. The number of halogens is 1. The van der Waals surface area contributed by atoms with Crippen molar-refractivity contribution in [3.05, 3.63) is 35.6 Å². The Balaban J connectivity index is 1.91. The molecule has 1 saturated carbocycles. The third-order valence-electron chi connectivity index (χ3n) is 3.87. The van der Waals surface area contributed by atoms with E-state index in [1.165, 1.54) is 25.0 Å². The maximum absolute atomic E-state index is 12.7. The molecular formula is C15H19FO. The lowest BCUT2D eigenvalue weighted by Crippen LogP contribution is -2.14. The van der Waals surface area contributed by atoms with Crippen LogP contribution in [0.1, 0.15) is 38.2 Å². The Kier molecular flexibility index (Phi) is 3.93. The molecule has 1 aliphatic rings. The first-order valence-corrected chi connectivity index (χ1v) is 6.46. The fraction of sp³-hybridized carbons (Fsp3) is 0.533. The Labute approximate surface area is 102 Å². The van der Waals surface area contributed by atoms with Crippen LogP contribution in [0.5, 0.6) is 0 Å². The summed E-state index contributed by atoms with van der Waals surface area (Å²) in [6, 6.07) is 6.26. The van der Waals surface area contributed by atoms with Gasteiger partial charge in [0.05, 0.1) is 0 Å². The zero-order chi connectivity index (χ0) is 12.3. The molecule has 2 unspecified atom stereocenters. The van der Waals surface area contributed by atoms with E-state index in [-0.39, 0.29) is 11.7 Å². The maximum atomic E-state index is 12.7. The summed E-state index contributed by atoms with van der Waals surface area (Å²) in [7, 11) is 0. The summed E-state index contributed by atoms with van der Waals surface area (Å²) in [4.78, 5) is 12.1. The number of hydrogen-bond donors (Lipinski definition) is 0. The third-order valence-corrected chi connectivity index (χ3v) is 3.87. The second kappa shape index (κ2) is 5.44. The van der Waals surface area contributed by atoms with Crippen molar-refractivity contribution in [1.29, 1.82) is 0 Å². The minimum Gasteiger partial charge on any atom is -0.299 e. The molecule has 1 aliphatic carbocycles. The molecule has 0 amide bonds. The number of carbonyl (C=O) groups is 1. The monoisotopic (exact) mass is 234 g/mol. The van der Waals surface area contributed by atoms with E-state index in [0.29, 0.717) is 12.2 Å². The number of rotatable bonds is 4. The van der Waals surface area contributed by atoms with E-state index >= 15 is 0 Å². The smallest absolute Gasteiger partial charge is 0.140 e. The van der Waals surface area contributed by atoms with Crippen molar-refractivity contribution < 1.29 is 9.18 Å². The molecule has 2 rings (SSSR count). The average molecular weight is 234 g/mol. The normalized spacial score (nSPS) is 23.9. The van der Waals surface area contributed by atoms with Crippen LogP contribution >= 0.6 is 0 Å². The third kappa shape index (κ3) is 3.15. The van der Waals surface area contributed by atoms with Crippen LogP contribution in [0.15, 0.2) is 24.3 Å². The number of hydrogen-bond acceptors (Lipinski definition) is 1. The van der Waals surface area contributed by atoms with E-state index in [1.54, 1.807) is 12.1 Å². The summed E-state index contributed by atoms with van der Waals surface area (Å²) < 4.78 is 12.7. The first-order chi connectivity index (χ1) is 8.19. The molecule has 17 heavy (non-hydrogen) atoms. The summed E-state index contributed by atoms with van der Waals surface area (Å²) in [6.45, 7) is 2.19. The van der Waals surface area contributed by atoms with Crippen LogP contribution in [-0.2, 0) is 11.2 Å². The lowest BCUT2D eigenvalue weighted by atomic mass is 9.95. The lowest BCUT2D eigenvalue weighted by Gasteiger charge is -2.09. The zero-order valence-corrected chi connectivity index (χ0v) is 10.3. The molecule has 0 spiro atoms. The summed E-state index contributed by atoms with van der Waals surface area (Å²) >= 11 is 0. The molecule has 1 aromatic rings. The van der Waals surface area contributed by atoms with Gasteiger partial charge < -0.3 is 0 Å². The summed E-state index contributed by atoms with van der Waals surface area (Å²) in [5.74, 6) is 1.06. The van der Waals surface area contributed by atoms with Crippen LogP contribution < -0.4 is 0 Å². The first kappa shape index (κ1) is 12.3. The van der Waals surface area contributed by atoms with Crippen LogP contribution in [-0.4, -0.2) is 5.78 Å². The minimum absolute atomic E-state index is 0.241. The predicted molar refractivity (Wildman–Crippen MR) is 66.2 cm³/mol. The molecular weight excluding hydrogens is 215 g/mol. The highest BCUT2D eigenvalue weighted by Crippen LogP contribution is 2.33. The van der Waals surface area contributed by atoms with Gasteiger partial charge in [0.2, 0.25) is 0 Å². The molecule has 1 nitrogen and oxygen atoms in total. The molecule has 0 aromatic heterocycles. The van der Waals surface area contributed by atoms with Crippen LogP contribution in [0, 0.1) is 17.7 Å². The van der Waals surface area contributed by atoms with Crippen LogP contribution in [0.25, 0.3) is 0 Å². The van der Waals surface area contributed by atoms with Gasteiger partial charge >= 0.3 is 0 Å². The number of ketones is 1. The maximum Gasteiger partial charge on any atom is 0.140 e. The van der Waals surface area contributed by atoms with E-state index in [0.717, 1.165) is 24.3 Å². The van der Waals surface area contributed by atoms with Gasteiger partial charge in [0.15, 0.2) is 0 Å². The summed E-state index contributed by atoms with van der Waals surface area (Å²) in [5.41, 5.74) is 0.927. The largest absolute Gasteiger partial charge is 0.299 e. The quantitative estimate of drug-likeness (QED) is 0.775. The highest BCUT2D eigenvalue weighted by Gasteiger charge is 2.28. The van der Waals surface area contributed by atoms with Gasteiger partial charge in [-0.1, -0.05) is 25.5 Å². The lowest BCUT2D eigenvalue weighted by molar-refractivity contribution is -0.122. The highest BCUT2D eigenvalue weighted by molar-refractivity contribution is 5.83. The van der Waals surface area contributed by atoms with Crippen LogP contribution in [0.3, 0.4) is 0 Å². The van der Waals surface area contributed by atoms with E-state index in [4.69, 9.17) is 0 Å². The molecule has 2 atom stereocenters. The van der Waals surface area contributed by atoms with Crippen molar-refractivity contribution >= 4 is 5.78 Å². The van der Waals surface area contributed by atoms with Gasteiger partial charge in [0.1, 0.15) is 11.6 Å². The Bertz CT molecular complexity index is 382. The summed E-state index contributed by atoms with van der Waals surface area (Å²) in [5, 5.41) is 0. The van der Waals surface area contributed by atoms with Gasteiger partial charge in [0.25, 0.3) is 0 Å². The highest BCUT2D eigenvalue weighted by atomic mass is 19.1. The van der Waals surface area contributed by atoms with Gasteiger partial charge in [-0.25, -0.2) is 4.39 Å². The first-order valence-electron chi connectivity index (χ1n) is 6.46. The average Bonchev–Trinajstić information content (AvgIpc) is 2.81. The van der Waals surface area contributed by atoms with Gasteiger partial charge in [-0.15, -0.1) is 0 Å². The number of Topliss-reactive ketones (excluding diaryl/α,β-unsaturated/α-hetero) is 1. The van der Waals surface area contributed by atoms with Crippen molar-refractivity contribution in [2.75, 3.05) is 0 Å². The molecule has 0 aliphatic heterocycles. The summed E-state index contributed by atoms with van der Waals surface area (Å²) in [6.07, 6.45) is 4.92. The van der Waals surface area contributed by atoms with E-state index in [1.807, 2.05) is 0 Å². The minimum atomic E-state index is -0.242. The Morgan fingerprint density at radius 1 is 1.29 bits per heavy atom. The van der Waals surface area contributed by atoms with Gasteiger partial charge in [-0.2, -0.15) is 0 Å². The second-order valence-corrected chi connectivity index (χ2v) is 5.05. The molecule has 0 N–H and O–H groups in total. The fourth-order valence-corrected chi connectivity index (χ4v) is 2.69. The number of benzene rings is 1. The Morgan fingerprint density at radius 2 is 2.00 bits per heavy atom. The standard InChI is InChI=1S/C15H19FO/c1-2-11-3-6-13(9-11)15(17)10-12-4-7-14(16)8-5-12/h4-5,7-8,11,13H,2-3,6,9-10H2,1H3. The molecule has 0 heterocycles. The van der Waals surface area contributed by atoms with E-state index < -0.39 is 0 Å². The van der Waals surface area contributed by atoms with Crippen molar-refractivity contribution in [2.24, 2.45) is 11.8 Å². The molecule has 2 heteroatoms. The van der Waals surface area contributed by atoms with E-state index in [9.17, 15) is 9.18 Å². The zero-order valence-electron chi connectivity index (χ0n) is 10.3. The van der Waals surface area contributed by atoms with Crippen molar-refractivity contribution in [3.8, 4) is 0 Å². The van der Waals surface area contributed by atoms with Gasteiger partial charge in [-0.3, -0.25) is 4.79 Å². The van der Waals surface area contributed by atoms with Crippen molar-refractivity contribution in [2.45, 2.75) is 39.0 Å². The predicted octanol–water partition coefficient (Wildman–Crippen LogP) is 3.76. The topological polar surface area (TPSA) is 17.1 Å². The SMILES string of the molecule is CCC1CCC(C(=O)Cc2ccc(F)cc2)C1. The van der Waals surface area contributed by atoms with Crippen molar-refractivity contribution in [3.63, 3.8) is 0 Å². The molecule has 0 bridgehead atoms. The fourth-order valence-electron chi connectivity index (χ4n) is 2.69. The van der Waals surface area contributed by atoms with E-state index in [2.05, 4.69) is 6.92 Å². The Morgan fingerprint density at radius 3 is 2.59 bits per heavy atom. The molecule has 0 radical (unpaired) electrons. The van der Waals surface area contributed by atoms with Gasteiger partial charge in [0, 0.05) is 12.3 Å².